The van der Waals surface area contributed by atoms with Crippen molar-refractivity contribution in [2.45, 2.75) is 25.7 Å². The number of carbonyl (C=O) groups excluding carboxylic acids is 1. The molecule has 5 nitrogen and oxygen atoms in total. The van der Waals surface area contributed by atoms with Crippen molar-refractivity contribution >= 4 is 17.5 Å². The Hall–Kier alpha value is -1.88. The molecule has 1 fully saturated rings. The summed E-state index contributed by atoms with van der Waals surface area (Å²) in [5.41, 5.74) is 0.829. The lowest BCUT2D eigenvalue weighted by atomic mass is 9.99. The summed E-state index contributed by atoms with van der Waals surface area (Å²) in [6.07, 6.45) is 1.48. The van der Waals surface area contributed by atoms with Crippen LogP contribution in [0.15, 0.2) is 28.8 Å². The number of nitrogens with zero attached hydrogens (tertiary/aromatic N) is 3. The highest BCUT2D eigenvalue weighted by Crippen LogP contribution is 2.28. The van der Waals surface area contributed by atoms with Gasteiger partial charge < -0.3 is 9.42 Å². The molecule has 0 saturated carbocycles. The van der Waals surface area contributed by atoms with Crippen LogP contribution in [0.4, 0.5) is 0 Å². The van der Waals surface area contributed by atoms with Gasteiger partial charge in [0.1, 0.15) is 0 Å². The van der Waals surface area contributed by atoms with E-state index >= 15 is 0 Å². The number of amides is 1. The fourth-order valence-electron chi connectivity index (χ4n) is 2.36. The second-order valence-electron chi connectivity index (χ2n) is 5.21. The Kier molecular flexibility index (Phi) is 3.92. The maximum Gasteiger partial charge on any atom is 0.233 e. The van der Waals surface area contributed by atoms with Gasteiger partial charge >= 0.3 is 0 Å². The zero-order valence-corrected chi connectivity index (χ0v) is 12.5. The molecule has 1 saturated heterocycles. The molecular weight excluding hydrogens is 290 g/mol. The van der Waals surface area contributed by atoms with E-state index in [0.29, 0.717) is 36.2 Å². The number of halogens is 1. The first-order valence-corrected chi connectivity index (χ1v) is 7.42. The molecule has 1 aromatic carbocycles. The van der Waals surface area contributed by atoms with Crippen molar-refractivity contribution in [1.29, 1.82) is 0 Å². The second-order valence-corrected chi connectivity index (χ2v) is 5.65. The summed E-state index contributed by atoms with van der Waals surface area (Å²) < 4.78 is 5.31. The summed E-state index contributed by atoms with van der Waals surface area (Å²) >= 11 is 5.96. The molecule has 1 aliphatic rings. The summed E-state index contributed by atoms with van der Waals surface area (Å²) in [7, 11) is 0. The number of rotatable bonds is 4. The molecule has 1 aliphatic heterocycles. The van der Waals surface area contributed by atoms with Crippen LogP contribution in [0.3, 0.4) is 0 Å². The molecule has 2 aromatic rings. The van der Waals surface area contributed by atoms with E-state index in [4.69, 9.17) is 16.1 Å². The number of hydrogen-bond acceptors (Lipinski definition) is 4. The monoisotopic (exact) mass is 305 g/mol. The third-order valence-corrected chi connectivity index (χ3v) is 3.81. The Morgan fingerprint density at radius 1 is 1.48 bits per heavy atom. The van der Waals surface area contributed by atoms with Crippen molar-refractivity contribution in [3.05, 3.63) is 35.2 Å². The highest BCUT2D eigenvalue weighted by molar-refractivity contribution is 6.30. The molecule has 21 heavy (non-hydrogen) atoms. The highest BCUT2D eigenvalue weighted by Gasteiger charge is 2.35. The minimum absolute atomic E-state index is 0.145. The predicted molar refractivity (Wildman–Crippen MR) is 79.0 cm³/mol. The van der Waals surface area contributed by atoms with Gasteiger partial charge in [0, 0.05) is 30.1 Å². The van der Waals surface area contributed by atoms with E-state index in [1.807, 2.05) is 24.0 Å². The molecule has 0 N–H and O–H groups in total. The van der Waals surface area contributed by atoms with E-state index in [1.54, 1.807) is 12.1 Å². The van der Waals surface area contributed by atoms with Crippen molar-refractivity contribution < 1.29 is 9.32 Å². The van der Waals surface area contributed by atoms with Crippen LogP contribution in [0, 0.1) is 0 Å². The van der Waals surface area contributed by atoms with Gasteiger partial charge in [-0.05, 0) is 18.6 Å². The first kappa shape index (κ1) is 14.1. The third-order valence-electron chi connectivity index (χ3n) is 3.57. The second kappa shape index (κ2) is 5.85. The van der Waals surface area contributed by atoms with E-state index in [1.165, 1.54) is 0 Å². The lowest BCUT2D eigenvalue weighted by molar-refractivity contribution is -0.136. The average molecular weight is 306 g/mol. The van der Waals surface area contributed by atoms with Crippen molar-refractivity contribution in [3.8, 4) is 11.4 Å². The molecule has 0 aliphatic carbocycles. The highest BCUT2D eigenvalue weighted by atomic mass is 35.5. The molecule has 0 bridgehead atoms. The molecule has 1 amide bonds. The average Bonchev–Trinajstić information content (AvgIpc) is 2.87. The molecular formula is C15H16ClN3O2. The number of likely N-dealkylation sites (tertiary alicyclic amines) is 1. The van der Waals surface area contributed by atoms with Gasteiger partial charge in [-0.3, -0.25) is 4.79 Å². The third kappa shape index (κ3) is 2.93. The lowest BCUT2D eigenvalue weighted by Gasteiger charge is -2.37. The lowest BCUT2D eigenvalue weighted by Crippen LogP contribution is -2.48. The minimum atomic E-state index is 0.145. The van der Waals surface area contributed by atoms with Crippen LogP contribution in [-0.2, 0) is 4.79 Å². The van der Waals surface area contributed by atoms with Crippen molar-refractivity contribution in [3.63, 3.8) is 0 Å². The molecule has 6 heteroatoms. The quantitative estimate of drug-likeness (QED) is 0.871. The first-order chi connectivity index (χ1) is 10.2. The zero-order chi connectivity index (χ0) is 14.8. The standard InChI is InChI=1S/C15H16ClN3O2/c1-2-4-13(20)19-8-11(9-19)15-17-14(18-21-15)10-5-3-6-12(16)7-10/h3,5-7,11H,2,4,8-9H2,1H3. The molecule has 3 rings (SSSR count). The maximum atomic E-state index is 11.7. The Bertz CT molecular complexity index is 650. The van der Waals surface area contributed by atoms with Gasteiger partial charge in [0.05, 0.1) is 5.92 Å². The van der Waals surface area contributed by atoms with Gasteiger partial charge in [-0.15, -0.1) is 0 Å². The van der Waals surface area contributed by atoms with Crippen LogP contribution < -0.4 is 0 Å². The summed E-state index contributed by atoms with van der Waals surface area (Å²) in [4.78, 5) is 18.0. The maximum absolute atomic E-state index is 11.7. The Morgan fingerprint density at radius 3 is 3.00 bits per heavy atom. The van der Waals surface area contributed by atoms with Crippen LogP contribution in [0.2, 0.25) is 5.02 Å². The molecule has 0 atom stereocenters. The first-order valence-electron chi connectivity index (χ1n) is 7.04. The van der Waals surface area contributed by atoms with Crippen molar-refractivity contribution in [2.24, 2.45) is 0 Å². The Morgan fingerprint density at radius 2 is 2.29 bits per heavy atom. The van der Waals surface area contributed by atoms with Crippen molar-refractivity contribution in [2.75, 3.05) is 13.1 Å². The smallest absolute Gasteiger partial charge is 0.233 e. The van der Waals surface area contributed by atoms with Crippen LogP contribution in [0.1, 0.15) is 31.6 Å². The minimum Gasteiger partial charge on any atom is -0.341 e. The molecule has 0 radical (unpaired) electrons. The number of benzene rings is 1. The van der Waals surface area contributed by atoms with Crippen LogP contribution in [0.25, 0.3) is 11.4 Å². The fraction of sp³-hybridized carbons (Fsp3) is 0.400. The normalized spacial score (nSPS) is 15.0. The number of hydrogen-bond donors (Lipinski definition) is 0. The van der Waals surface area contributed by atoms with Gasteiger partial charge in [0.25, 0.3) is 0 Å². The Labute approximate surface area is 127 Å². The number of carbonyl (C=O) groups is 1. The molecule has 2 heterocycles. The molecule has 110 valence electrons. The van der Waals surface area contributed by atoms with E-state index in [2.05, 4.69) is 10.1 Å². The van der Waals surface area contributed by atoms with E-state index in [9.17, 15) is 4.79 Å². The van der Waals surface area contributed by atoms with Gasteiger partial charge in [-0.25, -0.2) is 0 Å². The van der Waals surface area contributed by atoms with Crippen molar-refractivity contribution in [1.82, 2.24) is 15.0 Å². The van der Waals surface area contributed by atoms with Gasteiger partial charge in [-0.2, -0.15) is 4.98 Å². The van der Waals surface area contributed by atoms with Crippen LogP contribution in [-0.4, -0.2) is 34.0 Å². The largest absolute Gasteiger partial charge is 0.341 e. The topological polar surface area (TPSA) is 59.2 Å². The molecule has 0 spiro atoms. The summed E-state index contributed by atoms with van der Waals surface area (Å²) in [6, 6.07) is 7.34. The van der Waals surface area contributed by atoms with Gasteiger partial charge in [0.2, 0.25) is 17.6 Å². The van der Waals surface area contributed by atoms with E-state index < -0.39 is 0 Å². The van der Waals surface area contributed by atoms with E-state index in [0.717, 1.165) is 12.0 Å². The summed E-state index contributed by atoms with van der Waals surface area (Å²) in [5.74, 6) is 1.46. The van der Waals surface area contributed by atoms with Gasteiger partial charge in [-0.1, -0.05) is 35.8 Å². The SMILES string of the molecule is CCCC(=O)N1CC(c2nc(-c3cccc(Cl)c3)no2)C1. The van der Waals surface area contributed by atoms with Crippen LogP contribution in [0.5, 0.6) is 0 Å². The van der Waals surface area contributed by atoms with Gasteiger partial charge in [0.15, 0.2) is 0 Å². The molecule has 0 unspecified atom stereocenters. The molecule has 1 aromatic heterocycles. The predicted octanol–water partition coefficient (Wildman–Crippen LogP) is 3.12. The fourth-order valence-corrected chi connectivity index (χ4v) is 2.55. The number of aromatic nitrogens is 2. The Balaban J connectivity index is 1.66. The zero-order valence-electron chi connectivity index (χ0n) is 11.8. The van der Waals surface area contributed by atoms with Crippen LogP contribution >= 0.6 is 11.6 Å². The summed E-state index contributed by atoms with van der Waals surface area (Å²) in [6.45, 7) is 3.33. The van der Waals surface area contributed by atoms with E-state index in [-0.39, 0.29) is 11.8 Å². The summed E-state index contributed by atoms with van der Waals surface area (Å²) in [5, 5.41) is 4.63.